The third-order valence-electron chi connectivity index (χ3n) is 4.95. The molecule has 0 aliphatic rings. The largest absolute Gasteiger partial charge is 0.494 e. The van der Waals surface area contributed by atoms with Crippen LogP contribution in [-0.4, -0.2) is 66.8 Å². The number of nitrogens with zero attached hydrogens (tertiary/aromatic N) is 4. The van der Waals surface area contributed by atoms with Gasteiger partial charge in [-0.15, -0.1) is 5.10 Å². The molecular formula is C18H20N8O5S2. The van der Waals surface area contributed by atoms with Gasteiger partial charge in [-0.2, -0.15) is 0 Å². The number of ether oxygens (including phenoxy) is 1. The zero-order valence-corrected chi connectivity index (χ0v) is 19.2. The highest BCUT2D eigenvalue weighted by atomic mass is 32.2. The molecule has 0 aliphatic heterocycles. The molecule has 15 heteroatoms. The number of nitrogens with one attached hydrogen (secondary N) is 2. The molecule has 174 valence electrons. The van der Waals surface area contributed by atoms with Crippen LogP contribution < -0.4 is 15.6 Å². The second-order valence-corrected chi connectivity index (χ2v) is 10.7. The van der Waals surface area contributed by atoms with Crippen molar-refractivity contribution in [3.63, 3.8) is 0 Å². The highest BCUT2D eigenvalue weighted by Crippen LogP contribution is 2.42. The van der Waals surface area contributed by atoms with Crippen LogP contribution in [0.1, 0.15) is 5.82 Å². The maximum atomic E-state index is 12.9. The summed E-state index contributed by atoms with van der Waals surface area (Å²) in [5.41, 5.74) is 7.19. The lowest BCUT2D eigenvalue weighted by Gasteiger charge is -2.17. The van der Waals surface area contributed by atoms with E-state index in [1.54, 1.807) is 19.1 Å². The molecule has 4 rings (SSSR count). The predicted octanol–water partition coefficient (Wildman–Crippen LogP) is 0.107. The number of aromatic nitrogens is 6. The van der Waals surface area contributed by atoms with E-state index in [0.717, 1.165) is 0 Å². The summed E-state index contributed by atoms with van der Waals surface area (Å²) in [6.07, 6.45) is 0. The lowest BCUT2D eigenvalue weighted by atomic mass is 9.97. The highest BCUT2D eigenvalue weighted by molar-refractivity contribution is 7.93. The molecular weight excluding hydrogens is 472 g/mol. The van der Waals surface area contributed by atoms with Crippen molar-refractivity contribution >= 4 is 30.9 Å². The number of hydrogen-bond donors (Lipinski definition) is 4. The van der Waals surface area contributed by atoms with Crippen molar-refractivity contribution in [3.05, 3.63) is 30.1 Å². The van der Waals surface area contributed by atoms with Crippen LogP contribution in [0.4, 0.5) is 0 Å². The molecule has 0 saturated carbocycles. The van der Waals surface area contributed by atoms with Crippen molar-refractivity contribution in [2.45, 2.75) is 16.7 Å². The summed E-state index contributed by atoms with van der Waals surface area (Å²) in [5.74, 6) is 0.524. The topological polar surface area (TPSA) is 213 Å². The quantitative estimate of drug-likeness (QED) is 0.273. The minimum absolute atomic E-state index is 0.0842. The number of methoxy groups -OCH3 is 1. The molecule has 6 N–H and O–H groups in total. The SMILES string of the molecule is COc1ccc(-c2ccc(S(=O)(=O)CCN)c(S(N)(=O)=O)c2-c2nnn[nH]2)c2[nH]c(C)nc12. The molecule has 2 aromatic heterocycles. The Kier molecular flexibility index (Phi) is 5.65. The number of sulfone groups is 1. The van der Waals surface area contributed by atoms with Crippen molar-refractivity contribution in [1.82, 2.24) is 30.6 Å². The predicted molar refractivity (Wildman–Crippen MR) is 118 cm³/mol. The molecule has 0 unspecified atom stereocenters. The average Bonchev–Trinajstić information content (AvgIpc) is 3.40. The fraction of sp³-hybridized carbons (Fsp3) is 0.222. The molecule has 0 radical (unpaired) electrons. The lowest BCUT2D eigenvalue weighted by Crippen LogP contribution is -2.22. The van der Waals surface area contributed by atoms with Gasteiger partial charge in [-0.1, -0.05) is 6.07 Å². The summed E-state index contributed by atoms with van der Waals surface area (Å²) in [6, 6.07) is 6.00. The fourth-order valence-electron chi connectivity index (χ4n) is 3.66. The Bertz CT molecular complexity index is 1560. The molecule has 0 spiro atoms. The molecule has 13 nitrogen and oxygen atoms in total. The number of aryl methyl sites for hydroxylation is 1. The number of hydrogen-bond acceptors (Lipinski definition) is 10. The van der Waals surface area contributed by atoms with Crippen molar-refractivity contribution in [3.8, 4) is 28.3 Å². The van der Waals surface area contributed by atoms with E-state index in [4.69, 9.17) is 15.6 Å². The van der Waals surface area contributed by atoms with E-state index in [0.29, 0.717) is 33.7 Å². The van der Waals surface area contributed by atoms with E-state index in [1.165, 1.54) is 19.2 Å². The van der Waals surface area contributed by atoms with Crippen LogP contribution in [0.15, 0.2) is 34.1 Å². The Morgan fingerprint density at radius 1 is 1.09 bits per heavy atom. The maximum Gasteiger partial charge on any atom is 0.240 e. The zero-order chi connectivity index (χ0) is 24.0. The Hall–Kier alpha value is -3.40. The molecule has 0 saturated heterocycles. The fourth-order valence-corrected chi connectivity index (χ4v) is 6.42. The first-order valence-corrected chi connectivity index (χ1v) is 12.7. The van der Waals surface area contributed by atoms with Gasteiger partial charge >= 0.3 is 0 Å². The van der Waals surface area contributed by atoms with E-state index >= 15 is 0 Å². The summed E-state index contributed by atoms with van der Waals surface area (Å²) >= 11 is 0. The van der Waals surface area contributed by atoms with Crippen LogP contribution >= 0.6 is 0 Å². The van der Waals surface area contributed by atoms with Crippen LogP contribution in [0.25, 0.3) is 33.5 Å². The van der Waals surface area contributed by atoms with E-state index in [9.17, 15) is 16.8 Å². The maximum absolute atomic E-state index is 12.9. The summed E-state index contributed by atoms with van der Waals surface area (Å²) in [7, 11) is -7.16. The van der Waals surface area contributed by atoms with Gasteiger partial charge in [0.2, 0.25) is 10.0 Å². The highest BCUT2D eigenvalue weighted by Gasteiger charge is 2.32. The minimum Gasteiger partial charge on any atom is -0.494 e. The van der Waals surface area contributed by atoms with Crippen LogP contribution in [0.5, 0.6) is 5.75 Å². The number of sulfonamides is 1. The Labute approximate surface area is 188 Å². The summed E-state index contributed by atoms with van der Waals surface area (Å²) < 4.78 is 56.6. The molecule has 2 heterocycles. The Morgan fingerprint density at radius 3 is 2.42 bits per heavy atom. The summed E-state index contributed by atoms with van der Waals surface area (Å²) in [5, 5.41) is 18.9. The second-order valence-electron chi connectivity index (χ2n) is 7.08. The molecule has 0 amide bonds. The van der Waals surface area contributed by atoms with Gasteiger partial charge in [-0.05, 0) is 41.1 Å². The molecule has 0 aliphatic carbocycles. The number of nitrogens with two attached hydrogens (primary N) is 2. The van der Waals surface area contributed by atoms with Crippen molar-refractivity contribution in [1.29, 1.82) is 0 Å². The van der Waals surface area contributed by atoms with Gasteiger partial charge in [0, 0.05) is 17.7 Å². The van der Waals surface area contributed by atoms with Crippen LogP contribution in [0.2, 0.25) is 0 Å². The third kappa shape index (κ3) is 3.95. The number of fused-ring (bicyclic) bond motifs is 1. The van der Waals surface area contributed by atoms with Gasteiger partial charge in [0.05, 0.1) is 23.3 Å². The van der Waals surface area contributed by atoms with Crippen LogP contribution in [0.3, 0.4) is 0 Å². The van der Waals surface area contributed by atoms with Gasteiger partial charge in [-0.3, -0.25) is 0 Å². The third-order valence-corrected chi connectivity index (χ3v) is 7.85. The van der Waals surface area contributed by atoms with E-state index in [2.05, 4.69) is 30.6 Å². The minimum atomic E-state index is -4.57. The standard InChI is InChI=1S/C18H20N8O5S2/c1-9-21-15-11(3-5-12(31-2)16(15)22-9)10-4-6-13(32(27,28)8-7-19)17(33(20,29)30)14(10)18-23-25-26-24-18/h3-6H,7-8,19H2,1-2H3,(H,21,22)(H2,20,29,30)(H,23,24,25,26). The average molecular weight is 493 g/mol. The molecule has 2 aromatic carbocycles. The van der Waals surface area contributed by atoms with E-state index in [-0.39, 0.29) is 17.9 Å². The number of rotatable bonds is 7. The van der Waals surface area contributed by atoms with Gasteiger partial charge in [0.25, 0.3) is 0 Å². The molecule has 0 atom stereocenters. The van der Waals surface area contributed by atoms with Gasteiger partial charge in [0.1, 0.15) is 22.0 Å². The number of primary sulfonamides is 1. The second kappa shape index (κ2) is 8.18. The van der Waals surface area contributed by atoms with Crippen LogP contribution in [0, 0.1) is 6.92 Å². The number of H-pyrrole nitrogens is 2. The lowest BCUT2D eigenvalue weighted by molar-refractivity contribution is 0.419. The van der Waals surface area contributed by atoms with Crippen LogP contribution in [-0.2, 0) is 19.9 Å². The van der Waals surface area contributed by atoms with Gasteiger partial charge < -0.3 is 15.5 Å². The zero-order valence-electron chi connectivity index (χ0n) is 17.5. The van der Waals surface area contributed by atoms with Crippen molar-refractivity contribution < 1.29 is 21.6 Å². The Morgan fingerprint density at radius 2 is 1.82 bits per heavy atom. The normalized spacial score (nSPS) is 12.4. The number of imidazole rings is 1. The molecule has 0 fully saturated rings. The monoisotopic (exact) mass is 492 g/mol. The summed E-state index contributed by atoms with van der Waals surface area (Å²) in [6.45, 7) is 1.54. The van der Waals surface area contributed by atoms with Crippen molar-refractivity contribution in [2.75, 3.05) is 19.4 Å². The van der Waals surface area contributed by atoms with E-state index < -0.39 is 35.4 Å². The summed E-state index contributed by atoms with van der Waals surface area (Å²) in [4.78, 5) is 6.44. The first kappa shape index (κ1) is 22.8. The Balaban J connectivity index is 2.18. The first-order chi connectivity index (χ1) is 15.6. The first-order valence-electron chi connectivity index (χ1n) is 9.49. The van der Waals surface area contributed by atoms with Gasteiger partial charge in [0.15, 0.2) is 15.7 Å². The molecule has 33 heavy (non-hydrogen) atoms. The molecule has 4 aromatic rings. The number of benzene rings is 2. The smallest absolute Gasteiger partial charge is 0.240 e. The molecule has 0 bridgehead atoms. The van der Waals surface area contributed by atoms with E-state index in [1.807, 2.05) is 0 Å². The number of tetrazole rings is 1. The van der Waals surface area contributed by atoms with Gasteiger partial charge in [-0.25, -0.2) is 32.1 Å². The van der Waals surface area contributed by atoms with Crippen molar-refractivity contribution in [2.24, 2.45) is 10.9 Å². The number of aromatic amines is 2.